The summed E-state index contributed by atoms with van der Waals surface area (Å²) in [4.78, 5) is 18.1. The Labute approximate surface area is 190 Å². The Morgan fingerprint density at radius 1 is 1.14 bits per heavy atom. The normalized spacial score (nSPS) is 13.3. The van der Waals surface area contributed by atoms with Crippen LogP contribution in [0.25, 0.3) is 0 Å². The number of nitrogens with zero attached hydrogens (tertiary/aromatic N) is 2. The summed E-state index contributed by atoms with van der Waals surface area (Å²) < 4.78 is 0. The van der Waals surface area contributed by atoms with Crippen molar-refractivity contribution in [3.05, 3.63) is 64.7 Å². The Morgan fingerprint density at radius 3 is 2.50 bits per heavy atom. The first-order valence-electron chi connectivity index (χ1n) is 6.33. The first-order chi connectivity index (χ1) is 9.66. The summed E-state index contributed by atoms with van der Waals surface area (Å²) in [7, 11) is 1.76. The van der Waals surface area contributed by atoms with E-state index in [9.17, 15) is 4.79 Å². The minimum absolute atomic E-state index is 0. The van der Waals surface area contributed by atoms with Gasteiger partial charge in [-0.3, -0.25) is 9.79 Å². The number of carbonyl (C=O) groups excluding carboxylic acids is 1. The molecule has 1 aliphatic rings. The number of benzene rings is 2. The van der Waals surface area contributed by atoms with E-state index in [1.807, 2.05) is 42.5 Å². The van der Waals surface area contributed by atoms with Gasteiger partial charge in [0.05, 0.1) is 11.4 Å². The molecule has 1 aliphatic heterocycles. The van der Waals surface area contributed by atoms with Crippen molar-refractivity contribution in [3.8, 4) is 0 Å². The molecule has 2 aromatic rings. The van der Waals surface area contributed by atoms with Crippen molar-refractivity contribution in [2.45, 2.75) is 0 Å². The number of likely N-dealkylation sites (N-methyl/N-ethyl adjacent to an activating group) is 1. The third-order valence-electron chi connectivity index (χ3n) is 3.37. The molecule has 1 amide bonds. The molecule has 0 spiro atoms. The molecule has 0 radical (unpaired) electrons. The average molecular weight is 390 g/mol. The van der Waals surface area contributed by atoms with Gasteiger partial charge in [-0.2, -0.15) is 0 Å². The van der Waals surface area contributed by atoms with E-state index in [0.29, 0.717) is 5.02 Å². The zero-order valence-corrected chi connectivity index (χ0v) is 15.4. The molecule has 0 aromatic heterocycles. The summed E-state index contributed by atoms with van der Waals surface area (Å²) in [6, 6.07) is 15.3. The molecule has 0 fully saturated rings. The van der Waals surface area contributed by atoms with E-state index in [2.05, 4.69) is 4.99 Å². The van der Waals surface area contributed by atoms with Gasteiger partial charge in [0.25, 0.3) is 0 Å². The Morgan fingerprint density at radius 2 is 1.82 bits per heavy atom. The monoisotopic (exact) mass is 388 g/mol. The summed E-state index contributed by atoms with van der Waals surface area (Å²) in [5.74, 6) is -0.0282. The van der Waals surface area contributed by atoms with Crippen LogP contribution < -0.4 is 4.90 Å². The summed E-state index contributed by atoms with van der Waals surface area (Å²) in [6.45, 7) is 0.146. The van der Waals surface area contributed by atoms with Gasteiger partial charge in [-0.25, -0.2) is 0 Å². The molecule has 1 heterocycles. The number of hydrogen-bond donors (Lipinski definition) is 0. The number of halogens is 1. The standard InChI is InChI=1S/C16H13ClN2O.K.Zn.H/c1-19-14-8-7-12(17)9-13(14)16(18-10-15(19)20)11-5-3-2-4-6-11;;;/h2-9H,10H2,1H3;;;. The van der Waals surface area contributed by atoms with Crippen molar-refractivity contribution >= 4 is 80.3 Å². The van der Waals surface area contributed by atoms with Gasteiger partial charge in [0.2, 0.25) is 5.91 Å². The molecular formula is C16H14ClKN2OZn. The number of benzodiazepines with no additional fused rings is 1. The number of anilines is 1. The van der Waals surface area contributed by atoms with Crippen LogP contribution in [0.2, 0.25) is 5.02 Å². The molecule has 0 atom stereocenters. The topological polar surface area (TPSA) is 32.7 Å². The number of amides is 1. The maximum Gasteiger partial charge on any atom is 0 e. The molecular weight excluding hydrogens is 376 g/mol. The molecule has 0 unspecified atom stereocenters. The number of aliphatic imine (C=N–C) groups is 1. The minimum Gasteiger partial charge on any atom is 0 e. The van der Waals surface area contributed by atoms with Crippen LogP contribution in [0, 0.1) is 0 Å². The number of fused-ring (bicyclic) bond motifs is 1. The third kappa shape index (κ3) is 4.15. The van der Waals surface area contributed by atoms with Crippen LogP contribution >= 0.6 is 11.6 Å². The Kier molecular flexibility index (Phi) is 8.10. The van der Waals surface area contributed by atoms with Crippen LogP contribution in [-0.4, -0.2) is 76.6 Å². The van der Waals surface area contributed by atoms with Crippen molar-refractivity contribution < 1.29 is 24.3 Å². The molecule has 0 N–H and O–H groups in total. The van der Waals surface area contributed by atoms with Gasteiger partial charge in [0, 0.05) is 42.7 Å². The third-order valence-corrected chi connectivity index (χ3v) is 3.60. The van der Waals surface area contributed by atoms with E-state index < -0.39 is 0 Å². The molecule has 22 heavy (non-hydrogen) atoms. The van der Waals surface area contributed by atoms with Crippen LogP contribution in [0.4, 0.5) is 5.69 Å². The zero-order valence-electron chi connectivity index (χ0n) is 11.7. The smallest absolute Gasteiger partial charge is 0 e. The minimum atomic E-state index is -0.0282. The van der Waals surface area contributed by atoms with E-state index in [0.717, 1.165) is 22.5 Å². The van der Waals surface area contributed by atoms with Gasteiger partial charge in [0.1, 0.15) is 6.54 Å². The largest absolute Gasteiger partial charge is 0 e. The van der Waals surface area contributed by atoms with Crippen LogP contribution in [-0.2, 0) is 24.3 Å². The van der Waals surface area contributed by atoms with Gasteiger partial charge in [-0.15, -0.1) is 0 Å². The van der Waals surface area contributed by atoms with Crippen molar-refractivity contribution in [2.24, 2.45) is 4.99 Å². The van der Waals surface area contributed by atoms with E-state index in [4.69, 9.17) is 11.6 Å². The Bertz CT molecular complexity index is 707. The van der Waals surface area contributed by atoms with Crippen molar-refractivity contribution in [2.75, 3.05) is 18.5 Å². The fourth-order valence-electron chi connectivity index (χ4n) is 2.31. The van der Waals surface area contributed by atoms with Gasteiger partial charge >= 0.3 is 51.4 Å². The van der Waals surface area contributed by atoms with Gasteiger partial charge in [-0.1, -0.05) is 41.9 Å². The fraction of sp³-hybridized carbons (Fsp3) is 0.125. The molecule has 0 bridgehead atoms. The van der Waals surface area contributed by atoms with Crippen LogP contribution in [0.3, 0.4) is 0 Å². The number of rotatable bonds is 1. The second-order valence-corrected chi connectivity index (χ2v) is 5.08. The predicted octanol–water partition coefficient (Wildman–Crippen LogP) is 2.50. The van der Waals surface area contributed by atoms with E-state index in [1.165, 1.54) is 0 Å². The van der Waals surface area contributed by atoms with Crippen molar-refractivity contribution in [3.63, 3.8) is 0 Å². The van der Waals surface area contributed by atoms with E-state index in [-0.39, 0.29) is 83.3 Å². The number of carbonyl (C=O) groups is 1. The molecule has 0 saturated carbocycles. The first kappa shape index (κ1) is 20.2. The Balaban J connectivity index is 0.00000121. The van der Waals surface area contributed by atoms with E-state index in [1.54, 1.807) is 18.0 Å². The SMILES string of the molecule is CN1C(=O)CN=C(c2ccccc2)c2cc(Cl)ccc21.[KH].[Zn]. The van der Waals surface area contributed by atoms with Crippen molar-refractivity contribution in [1.29, 1.82) is 0 Å². The van der Waals surface area contributed by atoms with Crippen LogP contribution in [0.15, 0.2) is 53.5 Å². The fourth-order valence-corrected chi connectivity index (χ4v) is 2.48. The van der Waals surface area contributed by atoms with Crippen LogP contribution in [0.5, 0.6) is 0 Å². The second kappa shape index (κ2) is 8.84. The van der Waals surface area contributed by atoms with Gasteiger partial charge in [-0.05, 0) is 18.2 Å². The summed E-state index contributed by atoms with van der Waals surface area (Å²) in [6.07, 6.45) is 0. The average Bonchev–Trinajstić information content (AvgIpc) is 2.58. The first-order valence-corrected chi connectivity index (χ1v) is 6.71. The summed E-state index contributed by atoms with van der Waals surface area (Å²) >= 11 is 6.11. The van der Waals surface area contributed by atoms with Gasteiger partial charge < -0.3 is 4.90 Å². The molecule has 6 heteroatoms. The predicted molar refractivity (Wildman–Crippen MR) is 89.0 cm³/mol. The van der Waals surface area contributed by atoms with Gasteiger partial charge in [0.15, 0.2) is 0 Å². The molecule has 0 saturated heterocycles. The summed E-state index contributed by atoms with van der Waals surface area (Å²) in [5.41, 5.74) is 3.51. The quantitative estimate of drug-likeness (QED) is 0.689. The molecule has 0 aliphatic carbocycles. The summed E-state index contributed by atoms with van der Waals surface area (Å²) in [5, 5.41) is 0.634. The van der Waals surface area contributed by atoms with Crippen LogP contribution in [0.1, 0.15) is 11.1 Å². The molecule has 2 aromatic carbocycles. The zero-order chi connectivity index (χ0) is 14.1. The maximum atomic E-state index is 12.0. The second-order valence-electron chi connectivity index (χ2n) is 4.65. The molecule has 3 rings (SSSR count). The molecule has 104 valence electrons. The van der Waals surface area contributed by atoms with Crippen molar-refractivity contribution in [1.82, 2.24) is 0 Å². The molecule has 3 nitrogen and oxygen atoms in total. The maximum absolute atomic E-state index is 12.0. The number of hydrogen-bond acceptors (Lipinski definition) is 2. The van der Waals surface area contributed by atoms with E-state index >= 15 is 0 Å². The Hall–Kier alpha value is 0.130.